The lowest BCUT2D eigenvalue weighted by Crippen LogP contribution is -2.01. The van der Waals surface area contributed by atoms with Crippen molar-refractivity contribution in [3.63, 3.8) is 0 Å². The Morgan fingerprint density at radius 3 is 2.38 bits per heavy atom. The lowest BCUT2D eigenvalue weighted by molar-refractivity contribution is -0.137. The van der Waals surface area contributed by atoms with Crippen molar-refractivity contribution >= 4 is 28.2 Å². The van der Waals surface area contributed by atoms with E-state index >= 15 is 0 Å². The molecule has 4 aromatic rings. The van der Waals surface area contributed by atoms with Gasteiger partial charge in [0, 0.05) is 18.4 Å². The van der Waals surface area contributed by atoms with Gasteiger partial charge in [0.25, 0.3) is 0 Å². The number of para-hydroxylation sites is 2. The number of carboxylic acids is 1. The van der Waals surface area contributed by atoms with Gasteiger partial charge >= 0.3 is 5.97 Å². The number of aliphatic carboxylic acids is 1. The van der Waals surface area contributed by atoms with Crippen LogP contribution in [0, 0.1) is 6.92 Å². The van der Waals surface area contributed by atoms with Crippen LogP contribution in [0.5, 0.6) is 11.6 Å². The second-order valence-corrected chi connectivity index (χ2v) is 8.25. The molecule has 1 heterocycles. The highest BCUT2D eigenvalue weighted by molar-refractivity contribution is 5.95. The highest BCUT2D eigenvalue weighted by atomic mass is 16.4. The number of phenolic OH excluding ortho intramolecular Hbond substituents is 1. The van der Waals surface area contributed by atoms with Gasteiger partial charge < -0.3 is 19.9 Å². The fourth-order valence-corrected chi connectivity index (χ4v) is 4.11. The van der Waals surface area contributed by atoms with Gasteiger partial charge in [-0.3, -0.25) is 4.79 Å². The Morgan fingerprint density at radius 1 is 0.882 bits per heavy atom. The van der Waals surface area contributed by atoms with Gasteiger partial charge in [-0.1, -0.05) is 54.6 Å². The molecule has 174 valence electrons. The topological polar surface area (TPSA) is 107 Å². The van der Waals surface area contributed by atoms with E-state index in [1.807, 2.05) is 48.5 Å². The number of phenols is 1. The number of aryl methyl sites for hydroxylation is 4. The second-order valence-electron chi connectivity index (χ2n) is 8.25. The molecule has 7 nitrogen and oxygen atoms in total. The number of carboxylic acid groups (broad SMARTS) is 1. The lowest BCUT2D eigenvalue weighted by Gasteiger charge is -2.08. The summed E-state index contributed by atoms with van der Waals surface area (Å²) in [6.45, 7) is 2.41. The van der Waals surface area contributed by atoms with Gasteiger partial charge in [0.05, 0.1) is 5.52 Å². The summed E-state index contributed by atoms with van der Waals surface area (Å²) in [5.41, 5.74) is 4.58. The van der Waals surface area contributed by atoms with Crippen LogP contribution in [-0.4, -0.2) is 25.9 Å². The third kappa shape index (κ3) is 4.93. The maximum Gasteiger partial charge on any atom is 0.303 e. The highest BCUT2D eigenvalue weighted by Gasteiger charge is 2.17. The van der Waals surface area contributed by atoms with Crippen molar-refractivity contribution in [1.82, 2.24) is 4.57 Å². The maximum absolute atomic E-state index is 10.9. The maximum atomic E-state index is 10.9. The van der Waals surface area contributed by atoms with Crippen molar-refractivity contribution in [2.24, 2.45) is 10.2 Å². The van der Waals surface area contributed by atoms with Crippen LogP contribution in [0.1, 0.15) is 29.5 Å². The molecule has 0 fully saturated rings. The first-order valence-corrected chi connectivity index (χ1v) is 11.2. The van der Waals surface area contributed by atoms with E-state index in [9.17, 15) is 15.0 Å². The van der Waals surface area contributed by atoms with E-state index in [0.29, 0.717) is 30.5 Å². The van der Waals surface area contributed by atoms with E-state index < -0.39 is 5.97 Å². The van der Waals surface area contributed by atoms with Crippen LogP contribution in [0.25, 0.3) is 10.9 Å². The van der Waals surface area contributed by atoms with Crippen LogP contribution in [0.3, 0.4) is 0 Å². The van der Waals surface area contributed by atoms with E-state index in [4.69, 9.17) is 5.11 Å². The van der Waals surface area contributed by atoms with Crippen molar-refractivity contribution in [3.05, 3.63) is 83.4 Å². The number of fused-ring (bicyclic) bond motifs is 1. The summed E-state index contributed by atoms with van der Waals surface area (Å²) in [5, 5.41) is 39.8. The molecule has 3 N–H and O–H groups in total. The van der Waals surface area contributed by atoms with Crippen LogP contribution in [0.15, 0.2) is 77.0 Å². The highest BCUT2D eigenvalue weighted by Crippen LogP contribution is 2.41. The fourth-order valence-electron chi connectivity index (χ4n) is 4.11. The second kappa shape index (κ2) is 10.2. The van der Waals surface area contributed by atoms with Gasteiger partial charge in [-0.25, -0.2) is 0 Å². The van der Waals surface area contributed by atoms with Crippen molar-refractivity contribution in [3.8, 4) is 11.6 Å². The van der Waals surface area contributed by atoms with Crippen molar-refractivity contribution in [2.45, 2.75) is 39.2 Å². The number of benzene rings is 3. The summed E-state index contributed by atoms with van der Waals surface area (Å²) >= 11 is 0. The number of rotatable bonds is 9. The Kier molecular flexibility index (Phi) is 6.92. The standard InChI is InChI=1S/C27H27N3O4/c1-18-8-2-3-9-19(18)15-16-20-10-6-12-22(26(20)33)28-29-25-21-11-4-5-13-23(21)30(27(25)34)17-7-14-24(31)32/h2-6,8-13,33-34H,7,14-17H2,1H3,(H,31,32). The van der Waals surface area contributed by atoms with Crippen LogP contribution in [0.4, 0.5) is 11.4 Å². The first kappa shape index (κ1) is 23.0. The van der Waals surface area contributed by atoms with Crippen molar-refractivity contribution in [1.29, 1.82) is 0 Å². The fraction of sp³-hybridized carbons (Fsp3) is 0.222. The number of azo groups is 1. The molecule has 0 unspecified atom stereocenters. The smallest absolute Gasteiger partial charge is 0.303 e. The van der Waals surface area contributed by atoms with Crippen LogP contribution >= 0.6 is 0 Å². The lowest BCUT2D eigenvalue weighted by atomic mass is 10.00. The quantitative estimate of drug-likeness (QED) is 0.252. The van der Waals surface area contributed by atoms with Gasteiger partial charge in [-0.15, -0.1) is 10.2 Å². The molecule has 7 heteroatoms. The van der Waals surface area contributed by atoms with Crippen molar-refractivity contribution in [2.75, 3.05) is 0 Å². The molecule has 3 aromatic carbocycles. The number of nitrogens with zero attached hydrogens (tertiary/aromatic N) is 3. The molecule has 0 aliphatic rings. The number of hydrogen-bond acceptors (Lipinski definition) is 5. The predicted octanol–water partition coefficient (Wildman–Crippen LogP) is 6.43. The first-order valence-electron chi connectivity index (χ1n) is 11.2. The largest absolute Gasteiger partial charge is 0.505 e. The monoisotopic (exact) mass is 457 g/mol. The minimum Gasteiger partial charge on any atom is -0.505 e. The third-order valence-corrected chi connectivity index (χ3v) is 5.97. The molecule has 0 amide bonds. The zero-order valence-corrected chi connectivity index (χ0v) is 19.0. The van der Waals surface area contributed by atoms with E-state index in [1.165, 1.54) is 11.1 Å². The summed E-state index contributed by atoms with van der Waals surface area (Å²) in [6, 6.07) is 20.9. The van der Waals surface area contributed by atoms with Gasteiger partial charge in [-0.05, 0) is 55.0 Å². The summed E-state index contributed by atoms with van der Waals surface area (Å²) in [4.78, 5) is 10.9. The molecule has 0 radical (unpaired) electrons. The third-order valence-electron chi connectivity index (χ3n) is 5.97. The Labute approximate surface area is 197 Å². The number of aromatic hydroxyl groups is 2. The minimum absolute atomic E-state index is 0.00592. The number of aromatic nitrogens is 1. The van der Waals surface area contributed by atoms with Crippen molar-refractivity contribution < 1.29 is 20.1 Å². The molecule has 0 bridgehead atoms. The Morgan fingerprint density at radius 2 is 1.59 bits per heavy atom. The molecule has 0 aliphatic carbocycles. The average Bonchev–Trinajstić information content (AvgIpc) is 3.09. The van der Waals surface area contributed by atoms with E-state index in [-0.39, 0.29) is 23.7 Å². The van der Waals surface area contributed by atoms with Gasteiger partial charge in [-0.2, -0.15) is 0 Å². The molecule has 0 aliphatic heterocycles. The molecular formula is C27H27N3O4. The summed E-state index contributed by atoms with van der Waals surface area (Å²) in [5.74, 6) is -0.885. The molecule has 0 saturated heterocycles. The Bertz CT molecular complexity index is 1360. The number of carbonyl (C=O) groups is 1. The first-order chi connectivity index (χ1) is 16.5. The van der Waals surface area contributed by atoms with Gasteiger partial charge in [0.1, 0.15) is 11.4 Å². The Balaban J connectivity index is 1.59. The molecule has 0 saturated carbocycles. The molecule has 0 atom stereocenters. The van der Waals surface area contributed by atoms with Crippen LogP contribution in [-0.2, 0) is 24.2 Å². The summed E-state index contributed by atoms with van der Waals surface area (Å²) < 4.78 is 1.64. The zero-order chi connectivity index (χ0) is 24.1. The summed E-state index contributed by atoms with van der Waals surface area (Å²) in [7, 11) is 0. The average molecular weight is 458 g/mol. The van der Waals surface area contributed by atoms with Gasteiger partial charge in [0.2, 0.25) is 5.88 Å². The van der Waals surface area contributed by atoms with E-state index in [2.05, 4.69) is 29.3 Å². The molecule has 34 heavy (non-hydrogen) atoms. The Hall–Kier alpha value is -4.13. The molecule has 4 rings (SSSR count). The summed E-state index contributed by atoms with van der Waals surface area (Å²) in [6.07, 6.45) is 1.84. The predicted molar refractivity (Wildman–Crippen MR) is 131 cm³/mol. The normalized spacial score (nSPS) is 11.4. The van der Waals surface area contributed by atoms with E-state index in [0.717, 1.165) is 17.5 Å². The van der Waals surface area contributed by atoms with Crippen LogP contribution < -0.4 is 0 Å². The molecular weight excluding hydrogens is 430 g/mol. The van der Waals surface area contributed by atoms with Crippen LogP contribution in [0.2, 0.25) is 0 Å². The zero-order valence-electron chi connectivity index (χ0n) is 19.0. The van der Waals surface area contributed by atoms with Gasteiger partial charge in [0.15, 0.2) is 5.69 Å². The SMILES string of the molecule is Cc1ccccc1CCc1cccc(N=Nc2c(O)n(CCCC(=O)O)c3ccccc23)c1O. The number of hydrogen-bond donors (Lipinski definition) is 3. The molecule has 1 aromatic heterocycles. The molecule has 0 spiro atoms. The van der Waals surface area contributed by atoms with E-state index in [1.54, 1.807) is 10.6 Å². The minimum atomic E-state index is -0.881.